The van der Waals surface area contributed by atoms with E-state index >= 15 is 0 Å². The van der Waals surface area contributed by atoms with Gasteiger partial charge in [0.1, 0.15) is 0 Å². The molecule has 1 amide bonds. The summed E-state index contributed by atoms with van der Waals surface area (Å²) in [6.07, 6.45) is -4.49. The number of aryl methyl sites for hydroxylation is 1. The standard InChI is InChI=1S/C15H10Cl2F3NO/c1-8-2-4-10(11(16)6-8)14(22)21-13-5-3-9(7-12(13)17)15(18,19)20/h2-7H,1H3,(H,21,22). The molecule has 1 N–H and O–H groups in total. The van der Waals surface area contributed by atoms with Gasteiger partial charge in [0.2, 0.25) is 0 Å². The molecule has 0 fully saturated rings. The fourth-order valence-electron chi connectivity index (χ4n) is 1.79. The molecule has 0 unspecified atom stereocenters. The number of carbonyl (C=O) groups excluding carboxylic acids is 1. The predicted octanol–water partition coefficient (Wildman–Crippen LogP) is 5.57. The Morgan fingerprint density at radius 2 is 1.73 bits per heavy atom. The summed E-state index contributed by atoms with van der Waals surface area (Å²) in [7, 11) is 0. The van der Waals surface area contributed by atoms with Gasteiger partial charge in [-0.15, -0.1) is 0 Å². The van der Waals surface area contributed by atoms with Gasteiger partial charge >= 0.3 is 6.18 Å². The highest BCUT2D eigenvalue weighted by atomic mass is 35.5. The van der Waals surface area contributed by atoms with E-state index in [1.807, 2.05) is 6.92 Å². The van der Waals surface area contributed by atoms with Crippen LogP contribution in [0.1, 0.15) is 21.5 Å². The van der Waals surface area contributed by atoms with Gasteiger partial charge in [-0.05, 0) is 42.8 Å². The van der Waals surface area contributed by atoms with Crippen LogP contribution in [0.5, 0.6) is 0 Å². The summed E-state index contributed by atoms with van der Waals surface area (Å²) in [6, 6.07) is 7.56. The van der Waals surface area contributed by atoms with E-state index in [4.69, 9.17) is 23.2 Å². The Morgan fingerprint density at radius 1 is 1.05 bits per heavy atom. The number of hydrogen-bond acceptors (Lipinski definition) is 1. The summed E-state index contributed by atoms with van der Waals surface area (Å²) in [5, 5.41) is 2.49. The maximum absolute atomic E-state index is 12.6. The summed E-state index contributed by atoms with van der Waals surface area (Å²) in [5.74, 6) is -0.549. The quantitative estimate of drug-likeness (QED) is 0.755. The zero-order chi connectivity index (χ0) is 16.5. The average molecular weight is 348 g/mol. The molecule has 2 aromatic rings. The number of hydrogen-bond donors (Lipinski definition) is 1. The molecule has 0 aromatic heterocycles. The van der Waals surface area contributed by atoms with Crippen molar-refractivity contribution in [2.75, 3.05) is 5.32 Å². The van der Waals surface area contributed by atoms with Crippen LogP contribution < -0.4 is 5.32 Å². The highest BCUT2D eigenvalue weighted by Crippen LogP contribution is 2.34. The van der Waals surface area contributed by atoms with Gasteiger partial charge in [-0.2, -0.15) is 13.2 Å². The minimum absolute atomic E-state index is 0.0799. The van der Waals surface area contributed by atoms with Crippen molar-refractivity contribution in [1.82, 2.24) is 0 Å². The number of benzene rings is 2. The molecule has 0 bridgehead atoms. The first-order chi connectivity index (χ1) is 10.2. The van der Waals surface area contributed by atoms with Gasteiger partial charge in [0.05, 0.1) is 26.9 Å². The van der Waals surface area contributed by atoms with Crippen LogP contribution in [-0.2, 0) is 6.18 Å². The number of rotatable bonds is 2. The smallest absolute Gasteiger partial charge is 0.321 e. The highest BCUT2D eigenvalue weighted by Gasteiger charge is 2.31. The van der Waals surface area contributed by atoms with Crippen LogP contribution >= 0.6 is 23.2 Å². The first kappa shape index (κ1) is 16.6. The predicted molar refractivity (Wildman–Crippen MR) is 80.6 cm³/mol. The number of amides is 1. The molecule has 0 spiro atoms. The fraction of sp³-hybridized carbons (Fsp3) is 0.133. The molecule has 2 aromatic carbocycles. The van der Waals surface area contributed by atoms with Gasteiger partial charge < -0.3 is 5.32 Å². The average Bonchev–Trinajstić information content (AvgIpc) is 2.39. The molecule has 2 nitrogen and oxygen atoms in total. The van der Waals surface area contributed by atoms with Gasteiger partial charge in [-0.3, -0.25) is 4.79 Å². The van der Waals surface area contributed by atoms with Crippen molar-refractivity contribution >= 4 is 34.8 Å². The number of anilines is 1. The molecule has 0 heterocycles. The van der Waals surface area contributed by atoms with E-state index in [9.17, 15) is 18.0 Å². The molecular weight excluding hydrogens is 338 g/mol. The third kappa shape index (κ3) is 3.72. The largest absolute Gasteiger partial charge is 0.416 e. The van der Waals surface area contributed by atoms with E-state index in [0.717, 1.165) is 23.8 Å². The van der Waals surface area contributed by atoms with Crippen molar-refractivity contribution in [1.29, 1.82) is 0 Å². The van der Waals surface area contributed by atoms with E-state index in [1.165, 1.54) is 6.07 Å². The molecule has 2 rings (SSSR count). The second kappa shape index (κ2) is 6.18. The monoisotopic (exact) mass is 347 g/mol. The third-order valence-corrected chi connectivity index (χ3v) is 3.54. The lowest BCUT2D eigenvalue weighted by Crippen LogP contribution is -2.13. The van der Waals surface area contributed by atoms with E-state index in [0.29, 0.717) is 0 Å². The normalized spacial score (nSPS) is 11.4. The van der Waals surface area contributed by atoms with E-state index < -0.39 is 17.6 Å². The molecule has 0 saturated carbocycles. The zero-order valence-corrected chi connectivity index (χ0v) is 12.8. The lowest BCUT2D eigenvalue weighted by atomic mass is 10.1. The van der Waals surface area contributed by atoms with Crippen molar-refractivity contribution < 1.29 is 18.0 Å². The Morgan fingerprint density at radius 3 is 2.27 bits per heavy atom. The van der Waals surface area contributed by atoms with Crippen LogP contribution in [0, 0.1) is 6.92 Å². The second-order valence-corrected chi connectivity index (χ2v) is 5.44. The Hall–Kier alpha value is -1.72. The molecule has 0 atom stereocenters. The molecule has 0 aliphatic carbocycles. The molecule has 0 aliphatic heterocycles. The van der Waals surface area contributed by atoms with Crippen molar-refractivity contribution in [3.8, 4) is 0 Å². The molecular formula is C15H10Cl2F3NO. The van der Waals surface area contributed by atoms with E-state index in [1.54, 1.807) is 12.1 Å². The summed E-state index contributed by atoms with van der Waals surface area (Å²) < 4.78 is 37.7. The van der Waals surface area contributed by atoms with Crippen LogP contribution in [0.25, 0.3) is 0 Å². The summed E-state index contributed by atoms with van der Waals surface area (Å²) >= 11 is 11.8. The van der Waals surface area contributed by atoms with Crippen molar-refractivity contribution in [2.24, 2.45) is 0 Å². The molecule has 116 valence electrons. The maximum atomic E-state index is 12.6. The lowest BCUT2D eigenvalue weighted by Gasteiger charge is -2.11. The van der Waals surface area contributed by atoms with Crippen LogP contribution in [0.4, 0.5) is 18.9 Å². The van der Waals surface area contributed by atoms with Crippen molar-refractivity contribution in [3.05, 3.63) is 63.1 Å². The van der Waals surface area contributed by atoms with Crippen molar-refractivity contribution in [2.45, 2.75) is 13.1 Å². The zero-order valence-electron chi connectivity index (χ0n) is 11.3. The molecule has 0 radical (unpaired) electrons. The second-order valence-electron chi connectivity index (χ2n) is 4.63. The molecule has 0 saturated heterocycles. The van der Waals surface area contributed by atoms with Crippen LogP contribution in [0.2, 0.25) is 10.0 Å². The van der Waals surface area contributed by atoms with E-state index in [-0.39, 0.29) is 21.3 Å². The molecule has 7 heteroatoms. The molecule has 0 aliphatic rings. The molecule has 22 heavy (non-hydrogen) atoms. The topological polar surface area (TPSA) is 29.1 Å². The Kier molecular flexibility index (Phi) is 4.68. The summed E-state index contributed by atoms with van der Waals surface area (Å²) in [4.78, 5) is 12.1. The van der Waals surface area contributed by atoms with Crippen LogP contribution in [-0.4, -0.2) is 5.91 Å². The highest BCUT2D eigenvalue weighted by molar-refractivity contribution is 6.36. The number of halogens is 5. The van der Waals surface area contributed by atoms with Crippen LogP contribution in [0.15, 0.2) is 36.4 Å². The third-order valence-electron chi connectivity index (χ3n) is 2.91. The lowest BCUT2D eigenvalue weighted by molar-refractivity contribution is -0.137. The van der Waals surface area contributed by atoms with Gasteiger partial charge in [0.25, 0.3) is 5.91 Å². The summed E-state index contributed by atoms with van der Waals surface area (Å²) in [5.41, 5.74) is 0.289. The van der Waals surface area contributed by atoms with Crippen molar-refractivity contribution in [3.63, 3.8) is 0 Å². The maximum Gasteiger partial charge on any atom is 0.416 e. The minimum atomic E-state index is -4.49. The Labute approximate surface area is 134 Å². The first-order valence-corrected chi connectivity index (χ1v) is 6.88. The SMILES string of the molecule is Cc1ccc(C(=O)Nc2ccc(C(F)(F)F)cc2Cl)c(Cl)c1. The van der Waals surface area contributed by atoms with Gasteiger partial charge in [0.15, 0.2) is 0 Å². The van der Waals surface area contributed by atoms with Gasteiger partial charge in [-0.25, -0.2) is 0 Å². The number of alkyl halides is 3. The summed E-state index contributed by atoms with van der Waals surface area (Å²) in [6.45, 7) is 1.82. The minimum Gasteiger partial charge on any atom is -0.321 e. The van der Waals surface area contributed by atoms with E-state index in [2.05, 4.69) is 5.32 Å². The Balaban J connectivity index is 2.25. The Bertz CT molecular complexity index is 729. The van der Waals surface area contributed by atoms with Gasteiger partial charge in [0, 0.05) is 0 Å². The van der Waals surface area contributed by atoms with Gasteiger partial charge in [-0.1, -0.05) is 29.3 Å². The van der Waals surface area contributed by atoms with Crippen LogP contribution in [0.3, 0.4) is 0 Å². The fourth-order valence-corrected chi connectivity index (χ4v) is 2.34. The number of nitrogens with one attached hydrogen (secondary N) is 1. The number of carbonyl (C=O) groups is 1. The first-order valence-electron chi connectivity index (χ1n) is 6.13.